The first kappa shape index (κ1) is 23.0. The van der Waals surface area contributed by atoms with Gasteiger partial charge < -0.3 is 34.6 Å². The number of ketones is 2. The normalized spacial score (nSPS) is 34.3. The number of phenols is 1. The second kappa shape index (κ2) is 8.33. The van der Waals surface area contributed by atoms with Crippen molar-refractivity contribution in [2.45, 2.75) is 69.4 Å². The molecule has 0 amide bonds. The highest BCUT2D eigenvalue weighted by molar-refractivity contribution is 6.26. The van der Waals surface area contributed by atoms with Crippen LogP contribution in [0.5, 0.6) is 5.75 Å². The van der Waals surface area contributed by atoms with Gasteiger partial charge in [-0.2, -0.15) is 0 Å². The lowest BCUT2D eigenvalue weighted by Crippen LogP contribution is -2.40. The molecule has 2 heterocycles. The van der Waals surface area contributed by atoms with Crippen LogP contribution < -0.4 is 0 Å². The Hall–Kier alpha value is -2.14. The molecule has 1 aromatic carbocycles. The number of allylic oxidation sites excluding steroid dienone is 1. The van der Waals surface area contributed by atoms with Crippen molar-refractivity contribution >= 4 is 11.6 Å². The molecule has 2 aliphatic heterocycles. The summed E-state index contributed by atoms with van der Waals surface area (Å²) in [6.07, 6.45) is -3.18. The van der Waals surface area contributed by atoms with Gasteiger partial charge in [0.1, 0.15) is 30.2 Å². The summed E-state index contributed by atoms with van der Waals surface area (Å²) in [5.41, 5.74) is 0.822. The van der Waals surface area contributed by atoms with Crippen molar-refractivity contribution < 1.29 is 44.2 Å². The first-order valence-electron chi connectivity index (χ1n) is 10.7. The van der Waals surface area contributed by atoms with E-state index in [9.17, 15) is 30.0 Å². The first-order valence-corrected chi connectivity index (χ1v) is 10.7. The molecule has 32 heavy (non-hydrogen) atoms. The van der Waals surface area contributed by atoms with Crippen molar-refractivity contribution in [2.75, 3.05) is 13.7 Å². The average Bonchev–Trinajstić information content (AvgIpc) is 3.04. The number of phenolic OH excluding ortho intramolecular Hbond substituents is 1. The molecule has 6 atom stereocenters. The Morgan fingerprint density at radius 1 is 1.25 bits per heavy atom. The van der Waals surface area contributed by atoms with Crippen LogP contribution in [0, 0.1) is 0 Å². The van der Waals surface area contributed by atoms with Crippen LogP contribution in [0.25, 0.3) is 0 Å². The van der Waals surface area contributed by atoms with E-state index in [1.807, 2.05) is 6.92 Å². The van der Waals surface area contributed by atoms with Gasteiger partial charge in [-0.1, -0.05) is 13.3 Å². The summed E-state index contributed by atoms with van der Waals surface area (Å²) in [7, 11) is 1.52. The lowest BCUT2D eigenvalue weighted by molar-refractivity contribution is -0.245. The first-order chi connectivity index (χ1) is 15.2. The highest BCUT2D eigenvalue weighted by Gasteiger charge is 2.48. The van der Waals surface area contributed by atoms with E-state index in [1.54, 1.807) is 13.0 Å². The molecule has 0 spiro atoms. The van der Waals surface area contributed by atoms with Gasteiger partial charge in [-0.25, -0.2) is 0 Å². The predicted octanol–water partition coefficient (Wildman–Crippen LogP) is 0.956. The standard InChI is InChI=1S/C23H28O9/c1-4-5-14-16-10(8-23(2,30-3)32-14)6-11-13(25)7-12(18(26)17(11)20(16)28)22-21(29)19(27)15(9-24)31-22/h6-7,14-15,19,21-22,24,27-29H,4-5,8-9H2,1-3H3. The van der Waals surface area contributed by atoms with Crippen molar-refractivity contribution in [3.63, 3.8) is 0 Å². The van der Waals surface area contributed by atoms with Crippen LogP contribution in [0.3, 0.4) is 0 Å². The number of ether oxygens (including phenoxy) is 3. The van der Waals surface area contributed by atoms with Crippen LogP contribution in [-0.4, -0.2) is 75.9 Å². The number of carbonyl (C=O) groups excluding carboxylic acids is 2. The topological polar surface area (TPSA) is 143 Å². The number of aliphatic hydroxyl groups excluding tert-OH is 3. The Labute approximate surface area is 185 Å². The molecule has 9 heteroatoms. The molecule has 4 rings (SSSR count). The number of benzene rings is 1. The van der Waals surface area contributed by atoms with E-state index in [2.05, 4.69) is 0 Å². The smallest absolute Gasteiger partial charge is 0.196 e. The summed E-state index contributed by atoms with van der Waals surface area (Å²) >= 11 is 0. The molecule has 0 radical (unpaired) electrons. The molecule has 6 unspecified atom stereocenters. The summed E-state index contributed by atoms with van der Waals surface area (Å²) in [5.74, 6) is -2.47. The maximum atomic E-state index is 13.4. The third kappa shape index (κ3) is 3.49. The van der Waals surface area contributed by atoms with Crippen molar-refractivity contribution in [1.29, 1.82) is 0 Å². The fraction of sp³-hybridized carbons (Fsp3) is 0.565. The molecule has 1 fully saturated rings. The van der Waals surface area contributed by atoms with Crippen molar-refractivity contribution in [3.05, 3.63) is 40.0 Å². The summed E-state index contributed by atoms with van der Waals surface area (Å²) in [6, 6.07) is 1.59. The molecule has 1 saturated heterocycles. The van der Waals surface area contributed by atoms with E-state index in [1.165, 1.54) is 7.11 Å². The van der Waals surface area contributed by atoms with E-state index in [0.29, 0.717) is 17.5 Å². The molecule has 4 N–H and O–H groups in total. The van der Waals surface area contributed by atoms with Gasteiger partial charge in [0.05, 0.1) is 18.3 Å². The highest BCUT2D eigenvalue weighted by atomic mass is 16.7. The van der Waals surface area contributed by atoms with Gasteiger partial charge in [-0.05, 0) is 31.1 Å². The Bertz CT molecular complexity index is 984. The zero-order valence-corrected chi connectivity index (χ0v) is 18.2. The third-order valence-electron chi connectivity index (χ3n) is 6.52. The molecule has 0 bridgehead atoms. The van der Waals surface area contributed by atoms with Crippen LogP contribution in [0.4, 0.5) is 0 Å². The Kier molecular flexibility index (Phi) is 6.00. The zero-order chi connectivity index (χ0) is 23.4. The lowest BCUT2D eigenvalue weighted by atomic mass is 9.79. The molecular formula is C23H28O9. The minimum Gasteiger partial charge on any atom is -0.507 e. The van der Waals surface area contributed by atoms with Crippen LogP contribution >= 0.6 is 0 Å². The maximum Gasteiger partial charge on any atom is 0.196 e. The number of methoxy groups -OCH3 is 1. The highest BCUT2D eigenvalue weighted by Crippen LogP contribution is 2.47. The minimum atomic E-state index is -1.50. The minimum absolute atomic E-state index is 0.0531. The average molecular weight is 448 g/mol. The predicted molar refractivity (Wildman–Crippen MR) is 110 cm³/mol. The number of aromatic hydroxyl groups is 1. The monoisotopic (exact) mass is 448 g/mol. The number of aliphatic hydroxyl groups is 3. The Balaban J connectivity index is 1.80. The van der Waals surface area contributed by atoms with Gasteiger partial charge in [0, 0.05) is 30.2 Å². The molecule has 0 saturated carbocycles. The van der Waals surface area contributed by atoms with Gasteiger partial charge in [0.15, 0.2) is 17.4 Å². The molecule has 9 nitrogen and oxygen atoms in total. The van der Waals surface area contributed by atoms with Crippen LogP contribution in [0.1, 0.15) is 64.6 Å². The summed E-state index contributed by atoms with van der Waals surface area (Å²) in [6.45, 7) is 3.18. The molecule has 0 aromatic heterocycles. The molecular weight excluding hydrogens is 420 g/mol. The maximum absolute atomic E-state index is 13.4. The number of rotatable bonds is 5. The second-order valence-corrected chi connectivity index (χ2v) is 8.68. The van der Waals surface area contributed by atoms with E-state index >= 15 is 0 Å². The van der Waals surface area contributed by atoms with Gasteiger partial charge in [-0.15, -0.1) is 0 Å². The quantitative estimate of drug-likeness (QED) is 0.518. The molecule has 1 aromatic rings. The summed E-state index contributed by atoms with van der Waals surface area (Å²) in [5, 5.41) is 40.9. The lowest BCUT2D eigenvalue weighted by Gasteiger charge is -2.40. The van der Waals surface area contributed by atoms with Gasteiger partial charge in [-0.3, -0.25) is 9.59 Å². The van der Waals surface area contributed by atoms with Gasteiger partial charge >= 0.3 is 0 Å². The van der Waals surface area contributed by atoms with Gasteiger partial charge in [0.2, 0.25) is 0 Å². The number of Topliss-reactive ketones (excluding diaryl/α,β-unsaturated/α-hetero) is 1. The molecule has 3 aliphatic rings. The fourth-order valence-corrected chi connectivity index (χ4v) is 4.80. The number of hydrogen-bond donors (Lipinski definition) is 4. The number of hydrogen-bond acceptors (Lipinski definition) is 9. The summed E-state index contributed by atoms with van der Waals surface area (Å²) < 4.78 is 17.1. The molecule has 1 aliphatic carbocycles. The third-order valence-corrected chi connectivity index (χ3v) is 6.52. The number of fused-ring (bicyclic) bond motifs is 2. The van der Waals surface area contributed by atoms with E-state index in [4.69, 9.17) is 14.2 Å². The van der Waals surface area contributed by atoms with Crippen molar-refractivity contribution in [3.8, 4) is 5.75 Å². The molecule has 174 valence electrons. The van der Waals surface area contributed by atoms with Crippen molar-refractivity contribution in [1.82, 2.24) is 0 Å². The van der Waals surface area contributed by atoms with Crippen LogP contribution in [0.2, 0.25) is 0 Å². The number of carbonyl (C=O) groups is 2. The Morgan fingerprint density at radius 3 is 2.56 bits per heavy atom. The second-order valence-electron chi connectivity index (χ2n) is 8.68. The zero-order valence-electron chi connectivity index (χ0n) is 18.2. The van der Waals surface area contributed by atoms with Gasteiger partial charge in [0.25, 0.3) is 0 Å². The van der Waals surface area contributed by atoms with E-state index in [0.717, 1.165) is 12.5 Å². The van der Waals surface area contributed by atoms with E-state index in [-0.39, 0.29) is 28.9 Å². The SMILES string of the molecule is CCCC1OC(C)(OC)Cc2cc3c(c(O)c21)C(=O)C(C1OC(CO)C(O)C1O)=CC3=O. The Morgan fingerprint density at radius 2 is 1.97 bits per heavy atom. The summed E-state index contributed by atoms with van der Waals surface area (Å²) in [4.78, 5) is 26.3. The van der Waals surface area contributed by atoms with Crippen LogP contribution in [-0.2, 0) is 20.6 Å². The largest absolute Gasteiger partial charge is 0.507 e. The van der Waals surface area contributed by atoms with Crippen LogP contribution in [0.15, 0.2) is 17.7 Å². The fourth-order valence-electron chi connectivity index (χ4n) is 4.80. The van der Waals surface area contributed by atoms with E-state index < -0.39 is 54.5 Å². The van der Waals surface area contributed by atoms with Crippen molar-refractivity contribution in [2.24, 2.45) is 0 Å².